The molecule has 0 saturated heterocycles. The third-order valence-corrected chi connectivity index (χ3v) is 5.40. The Kier molecular flexibility index (Phi) is 6.31. The standard InChI is InChI=1S/C26H26N4O2/c1-29(2)20-16-14-19(15-17-20)9-8-18-27-25(31)24-22-12-6-7-13-23(22)26(32)30(28-24)21-10-4-3-5-11-21/h3-7,10-17H,8-9,18H2,1-2H3,(H,27,31). The van der Waals surface area contributed by atoms with Crippen LogP contribution in [0.3, 0.4) is 0 Å². The number of hydrogen-bond donors (Lipinski definition) is 1. The Bertz CT molecular complexity index is 1280. The van der Waals surface area contributed by atoms with Crippen LogP contribution in [0.5, 0.6) is 0 Å². The fourth-order valence-corrected chi connectivity index (χ4v) is 3.64. The fraction of sp³-hybridized carbons (Fsp3) is 0.192. The maximum Gasteiger partial charge on any atom is 0.279 e. The molecule has 0 spiro atoms. The van der Waals surface area contributed by atoms with E-state index >= 15 is 0 Å². The minimum absolute atomic E-state index is 0.246. The van der Waals surface area contributed by atoms with Crippen molar-refractivity contribution in [2.75, 3.05) is 25.5 Å². The summed E-state index contributed by atoms with van der Waals surface area (Å²) in [5, 5.41) is 8.41. The van der Waals surface area contributed by atoms with Gasteiger partial charge < -0.3 is 10.2 Å². The summed E-state index contributed by atoms with van der Waals surface area (Å²) in [5.41, 5.74) is 3.02. The number of amides is 1. The third-order valence-electron chi connectivity index (χ3n) is 5.40. The van der Waals surface area contributed by atoms with E-state index in [4.69, 9.17) is 0 Å². The summed E-state index contributed by atoms with van der Waals surface area (Å²) in [6.07, 6.45) is 1.68. The highest BCUT2D eigenvalue weighted by Crippen LogP contribution is 2.16. The Balaban J connectivity index is 1.50. The monoisotopic (exact) mass is 426 g/mol. The van der Waals surface area contributed by atoms with E-state index in [0.29, 0.717) is 23.0 Å². The summed E-state index contributed by atoms with van der Waals surface area (Å²) in [6, 6.07) is 24.7. The predicted octanol–water partition coefficient (Wildman–Crippen LogP) is 3.81. The molecule has 0 unspecified atom stereocenters. The Morgan fingerprint density at radius 1 is 0.906 bits per heavy atom. The van der Waals surface area contributed by atoms with E-state index in [1.807, 2.05) is 38.4 Å². The van der Waals surface area contributed by atoms with Crippen LogP contribution in [-0.4, -0.2) is 36.3 Å². The van der Waals surface area contributed by atoms with Gasteiger partial charge in [0.2, 0.25) is 0 Å². The molecule has 3 aromatic carbocycles. The lowest BCUT2D eigenvalue weighted by molar-refractivity contribution is 0.0948. The molecule has 6 nitrogen and oxygen atoms in total. The third kappa shape index (κ3) is 4.54. The lowest BCUT2D eigenvalue weighted by Crippen LogP contribution is -2.30. The highest BCUT2D eigenvalue weighted by molar-refractivity contribution is 6.04. The summed E-state index contributed by atoms with van der Waals surface area (Å²) < 4.78 is 1.30. The van der Waals surface area contributed by atoms with Gasteiger partial charge in [0.25, 0.3) is 11.5 Å². The molecule has 1 heterocycles. The molecule has 1 aromatic heterocycles. The zero-order chi connectivity index (χ0) is 22.5. The first-order valence-corrected chi connectivity index (χ1v) is 10.7. The van der Waals surface area contributed by atoms with E-state index < -0.39 is 0 Å². The van der Waals surface area contributed by atoms with E-state index in [2.05, 4.69) is 39.6 Å². The molecule has 0 fully saturated rings. The number of fused-ring (bicyclic) bond motifs is 1. The molecule has 1 amide bonds. The van der Waals surface area contributed by atoms with Crippen LogP contribution in [0.2, 0.25) is 0 Å². The summed E-state index contributed by atoms with van der Waals surface area (Å²) in [7, 11) is 4.03. The number of anilines is 1. The quantitative estimate of drug-likeness (QED) is 0.456. The number of rotatable bonds is 7. The first-order valence-electron chi connectivity index (χ1n) is 10.7. The van der Waals surface area contributed by atoms with E-state index in [1.165, 1.54) is 10.2 Å². The number of para-hydroxylation sites is 1. The summed E-state index contributed by atoms with van der Waals surface area (Å²) in [5.74, 6) is -0.283. The van der Waals surface area contributed by atoms with Gasteiger partial charge in [0, 0.05) is 31.7 Å². The largest absolute Gasteiger partial charge is 0.378 e. The van der Waals surface area contributed by atoms with Crippen molar-refractivity contribution in [2.45, 2.75) is 12.8 Å². The molecule has 0 aliphatic heterocycles. The number of nitrogens with one attached hydrogen (secondary N) is 1. The van der Waals surface area contributed by atoms with Crippen molar-refractivity contribution in [3.63, 3.8) is 0 Å². The first-order chi connectivity index (χ1) is 15.5. The Hall–Kier alpha value is -3.93. The zero-order valence-corrected chi connectivity index (χ0v) is 18.3. The second kappa shape index (κ2) is 9.47. The number of nitrogens with zero attached hydrogens (tertiary/aromatic N) is 3. The van der Waals surface area contributed by atoms with E-state index in [1.54, 1.807) is 30.3 Å². The van der Waals surface area contributed by atoms with Gasteiger partial charge in [-0.2, -0.15) is 9.78 Å². The molecule has 162 valence electrons. The number of benzene rings is 3. The van der Waals surface area contributed by atoms with Crippen molar-refractivity contribution in [2.24, 2.45) is 0 Å². The molecular weight excluding hydrogens is 400 g/mol. The van der Waals surface area contributed by atoms with Crippen LogP contribution in [0.15, 0.2) is 83.7 Å². The highest BCUT2D eigenvalue weighted by Gasteiger charge is 2.17. The first kappa shape index (κ1) is 21.3. The molecule has 0 atom stereocenters. The summed E-state index contributed by atoms with van der Waals surface area (Å²) in [4.78, 5) is 28.0. The second-order valence-corrected chi connectivity index (χ2v) is 7.87. The molecule has 1 N–H and O–H groups in total. The molecule has 6 heteroatoms. The van der Waals surface area contributed by atoms with Crippen molar-refractivity contribution in [1.29, 1.82) is 0 Å². The van der Waals surface area contributed by atoms with Crippen molar-refractivity contribution in [3.8, 4) is 5.69 Å². The topological polar surface area (TPSA) is 67.2 Å². The maximum atomic E-state index is 13.0. The minimum Gasteiger partial charge on any atom is -0.378 e. The van der Waals surface area contributed by atoms with Gasteiger partial charge >= 0.3 is 0 Å². The van der Waals surface area contributed by atoms with E-state index in [0.717, 1.165) is 18.5 Å². The summed E-state index contributed by atoms with van der Waals surface area (Å²) in [6.45, 7) is 0.523. The van der Waals surface area contributed by atoms with Gasteiger partial charge in [0.15, 0.2) is 5.69 Å². The zero-order valence-electron chi connectivity index (χ0n) is 18.3. The number of carbonyl (C=O) groups is 1. The van der Waals surface area contributed by atoms with Gasteiger partial charge in [-0.15, -0.1) is 0 Å². The number of carbonyl (C=O) groups excluding carboxylic acids is 1. The van der Waals surface area contributed by atoms with Crippen LogP contribution < -0.4 is 15.8 Å². The molecule has 0 saturated carbocycles. The van der Waals surface area contributed by atoms with Gasteiger partial charge in [-0.3, -0.25) is 9.59 Å². The van der Waals surface area contributed by atoms with Gasteiger partial charge in [-0.25, -0.2) is 0 Å². The summed E-state index contributed by atoms with van der Waals surface area (Å²) >= 11 is 0. The molecule has 0 bridgehead atoms. The van der Waals surface area contributed by atoms with Crippen LogP contribution in [0.4, 0.5) is 5.69 Å². The van der Waals surface area contributed by atoms with Crippen molar-refractivity contribution in [1.82, 2.24) is 15.1 Å². The van der Waals surface area contributed by atoms with Crippen LogP contribution in [0.1, 0.15) is 22.5 Å². The van der Waals surface area contributed by atoms with Gasteiger partial charge in [-0.05, 0) is 48.7 Å². The molecule has 0 aliphatic carbocycles. The lowest BCUT2D eigenvalue weighted by Gasteiger charge is -2.13. The van der Waals surface area contributed by atoms with E-state index in [9.17, 15) is 9.59 Å². The van der Waals surface area contributed by atoms with Crippen LogP contribution in [0.25, 0.3) is 16.5 Å². The normalized spacial score (nSPS) is 10.8. The second-order valence-electron chi connectivity index (χ2n) is 7.87. The van der Waals surface area contributed by atoms with Gasteiger partial charge in [-0.1, -0.05) is 48.5 Å². The number of hydrogen-bond acceptors (Lipinski definition) is 4. The number of aromatic nitrogens is 2. The minimum atomic E-state index is -0.283. The molecule has 4 aromatic rings. The van der Waals surface area contributed by atoms with E-state index in [-0.39, 0.29) is 17.2 Å². The van der Waals surface area contributed by atoms with Crippen molar-refractivity contribution in [3.05, 3.63) is 100 Å². The van der Waals surface area contributed by atoms with Crippen LogP contribution in [0, 0.1) is 0 Å². The average molecular weight is 427 g/mol. The molecule has 0 radical (unpaired) electrons. The predicted molar refractivity (Wildman–Crippen MR) is 129 cm³/mol. The fourth-order valence-electron chi connectivity index (χ4n) is 3.64. The Labute approximate surface area is 187 Å². The molecule has 0 aliphatic rings. The molecule has 4 rings (SSSR count). The maximum absolute atomic E-state index is 13.0. The van der Waals surface area contributed by atoms with Gasteiger partial charge in [0.1, 0.15) is 0 Å². The SMILES string of the molecule is CN(C)c1ccc(CCCNC(=O)c2nn(-c3ccccc3)c(=O)c3ccccc23)cc1. The van der Waals surface area contributed by atoms with Crippen LogP contribution in [-0.2, 0) is 6.42 Å². The molecule has 32 heavy (non-hydrogen) atoms. The number of aryl methyl sites for hydroxylation is 1. The van der Waals surface area contributed by atoms with Crippen molar-refractivity contribution >= 4 is 22.4 Å². The Morgan fingerprint density at radius 3 is 2.25 bits per heavy atom. The smallest absolute Gasteiger partial charge is 0.279 e. The lowest BCUT2D eigenvalue weighted by atomic mass is 10.1. The van der Waals surface area contributed by atoms with Crippen molar-refractivity contribution < 1.29 is 4.79 Å². The van der Waals surface area contributed by atoms with Gasteiger partial charge in [0.05, 0.1) is 11.1 Å². The highest BCUT2D eigenvalue weighted by atomic mass is 16.2. The average Bonchev–Trinajstić information content (AvgIpc) is 2.83. The molecular formula is C26H26N4O2. The Morgan fingerprint density at radius 2 is 1.56 bits per heavy atom. The van der Waals surface area contributed by atoms with Crippen LogP contribution >= 0.6 is 0 Å².